The summed E-state index contributed by atoms with van der Waals surface area (Å²) >= 11 is 0. The molecule has 0 fully saturated rings. The van der Waals surface area contributed by atoms with E-state index >= 15 is 0 Å². The maximum atomic E-state index is 13.4. The number of carbonyl (C=O) groups excluding carboxylic acids is 2. The van der Waals surface area contributed by atoms with Gasteiger partial charge >= 0.3 is 5.97 Å². The van der Waals surface area contributed by atoms with Gasteiger partial charge in [-0.15, -0.1) is 5.10 Å². The smallest absolute Gasteiger partial charge is 0.338 e. The monoisotopic (exact) mass is 441 g/mol. The molecule has 168 valence electrons. The Morgan fingerprint density at radius 3 is 2.09 bits per heavy atom. The van der Waals surface area contributed by atoms with Crippen molar-refractivity contribution in [3.63, 3.8) is 0 Å². The second-order valence-electron chi connectivity index (χ2n) is 8.02. The minimum atomic E-state index is -0.596. The molecular formula is C27H27N3O3. The fourth-order valence-electron chi connectivity index (χ4n) is 3.75. The van der Waals surface area contributed by atoms with Crippen LogP contribution in [-0.4, -0.2) is 33.4 Å². The number of aryl methyl sites for hydroxylation is 2. The first kappa shape index (κ1) is 22.4. The minimum absolute atomic E-state index is 0.0447. The molecule has 0 saturated carbocycles. The maximum Gasteiger partial charge on any atom is 0.338 e. The Morgan fingerprint density at radius 2 is 1.45 bits per heavy atom. The van der Waals surface area contributed by atoms with E-state index in [4.69, 9.17) is 4.74 Å². The van der Waals surface area contributed by atoms with Crippen LogP contribution in [0.4, 0.5) is 0 Å². The molecule has 1 aromatic heterocycles. The second-order valence-corrected chi connectivity index (χ2v) is 8.02. The number of carbonyl (C=O) groups is 2. The van der Waals surface area contributed by atoms with E-state index < -0.39 is 11.9 Å². The number of fused-ring (bicyclic) bond motifs is 1. The largest absolute Gasteiger partial charge is 0.461 e. The van der Waals surface area contributed by atoms with Gasteiger partial charge < -0.3 is 4.74 Å². The highest BCUT2D eigenvalue weighted by molar-refractivity contribution is 5.98. The third kappa shape index (κ3) is 5.17. The van der Waals surface area contributed by atoms with E-state index in [1.54, 1.807) is 16.8 Å². The SMILES string of the molecule is CCc1ccc(C(=O)OCC(Cn2nnc3ccccc32)C(=O)c2ccc(CC)cc2)cc1. The van der Waals surface area contributed by atoms with Crippen LogP contribution >= 0.6 is 0 Å². The lowest BCUT2D eigenvalue weighted by atomic mass is 9.97. The molecule has 0 radical (unpaired) electrons. The molecule has 33 heavy (non-hydrogen) atoms. The first-order valence-electron chi connectivity index (χ1n) is 11.3. The van der Waals surface area contributed by atoms with E-state index in [1.807, 2.05) is 60.7 Å². The summed E-state index contributed by atoms with van der Waals surface area (Å²) in [5, 5.41) is 8.40. The van der Waals surface area contributed by atoms with Crippen LogP contribution in [0, 0.1) is 5.92 Å². The molecule has 0 amide bonds. The molecule has 4 aromatic rings. The Kier molecular flexibility index (Phi) is 6.93. The van der Waals surface area contributed by atoms with Gasteiger partial charge in [-0.25, -0.2) is 9.48 Å². The fraction of sp³-hybridized carbons (Fsp3) is 0.259. The zero-order valence-corrected chi connectivity index (χ0v) is 18.9. The Morgan fingerprint density at radius 1 is 0.848 bits per heavy atom. The molecule has 4 rings (SSSR count). The van der Waals surface area contributed by atoms with Gasteiger partial charge in [0.1, 0.15) is 12.1 Å². The lowest BCUT2D eigenvalue weighted by molar-refractivity contribution is 0.0415. The van der Waals surface area contributed by atoms with Gasteiger partial charge in [-0.05, 0) is 48.2 Å². The van der Waals surface area contributed by atoms with Crippen molar-refractivity contribution in [2.45, 2.75) is 33.2 Å². The lowest BCUT2D eigenvalue weighted by Crippen LogP contribution is -2.27. The highest BCUT2D eigenvalue weighted by Crippen LogP contribution is 2.18. The van der Waals surface area contributed by atoms with E-state index in [9.17, 15) is 9.59 Å². The summed E-state index contributed by atoms with van der Waals surface area (Å²) in [6.45, 7) is 4.35. The summed E-state index contributed by atoms with van der Waals surface area (Å²) in [6.07, 6.45) is 1.80. The molecule has 1 atom stereocenters. The molecule has 0 spiro atoms. The third-order valence-electron chi connectivity index (χ3n) is 5.84. The van der Waals surface area contributed by atoms with E-state index in [0.717, 1.165) is 35.0 Å². The average molecular weight is 442 g/mol. The Labute approximate surface area is 193 Å². The van der Waals surface area contributed by atoms with Crippen LogP contribution in [0.15, 0.2) is 72.8 Å². The van der Waals surface area contributed by atoms with Crippen LogP contribution in [0.1, 0.15) is 45.7 Å². The van der Waals surface area contributed by atoms with Crippen LogP contribution in [0.5, 0.6) is 0 Å². The van der Waals surface area contributed by atoms with E-state index in [0.29, 0.717) is 11.1 Å². The van der Waals surface area contributed by atoms with Crippen molar-refractivity contribution in [1.82, 2.24) is 15.0 Å². The number of ketones is 1. The molecule has 3 aromatic carbocycles. The lowest BCUT2D eigenvalue weighted by Gasteiger charge is -2.17. The van der Waals surface area contributed by atoms with Crippen LogP contribution in [-0.2, 0) is 24.1 Å². The quantitative estimate of drug-likeness (QED) is 0.272. The summed E-state index contributed by atoms with van der Waals surface area (Å²) in [5.41, 5.74) is 4.95. The van der Waals surface area contributed by atoms with Crippen molar-refractivity contribution in [3.8, 4) is 0 Å². The number of hydrogen-bond donors (Lipinski definition) is 0. The van der Waals surface area contributed by atoms with E-state index in [2.05, 4.69) is 24.2 Å². The summed E-state index contributed by atoms with van der Waals surface area (Å²) in [6, 6.07) is 22.5. The number of rotatable bonds is 9. The Hall–Kier alpha value is -3.80. The average Bonchev–Trinajstić information content (AvgIpc) is 3.28. The number of Topliss-reactive ketones (excluding diaryl/α,β-unsaturated/α-hetero) is 1. The molecule has 6 heteroatoms. The van der Waals surface area contributed by atoms with Crippen molar-refractivity contribution in [2.75, 3.05) is 6.61 Å². The molecular weight excluding hydrogens is 414 g/mol. The van der Waals surface area contributed by atoms with Crippen molar-refractivity contribution in [3.05, 3.63) is 95.1 Å². The van der Waals surface area contributed by atoms with Crippen LogP contribution in [0.2, 0.25) is 0 Å². The van der Waals surface area contributed by atoms with Gasteiger partial charge in [-0.1, -0.05) is 67.6 Å². The van der Waals surface area contributed by atoms with Crippen molar-refractivity contribution in [1.29, 1.82) is 0 Å². The Bertz CT molecular complexity index is 1240. The second kappa shape index (κ2) is 10.2. The molecule has 0 bridgehead atoms. The van der Waals surface area contributed by atoms with Crippen LogP contribution < -0.4 is 0 Å². The Balaban J connectivity index is 1.55. The van der Waals surface area contributed by atoms with Gasteiger partial charge in [0.15, 0.2) is 5.78 Å². The highest BCUT2D eigenvalue weighted by Gasteiger charge is 2.24. The fourth-order valence-corrected chi connectivity index (χ4v) is 3.75. The molecule has 0 N–H and O–H groups in total. The first-order valence-corrected chi connectivity index (χ1v) is 11.3. The standard InChI is InChI=1S/C27H27N3O3/c1-3-19-9-13-21(14-10-19)26(31)23(17-30-25-8-6-5-7-24(25)28-29-30)18-33-27(32)22-15-11-20(4-2)12-16-22/h5-16,23H,3-4,17-18H2,1-2H3. The van der Waals surface area contributed by atoms with Gasteiger partial charge in [0.2, 0.25) is 0 Å². The molecule has 0 saturated heterocycles. The number of nitrogens with zero attached hydrogens (tertiary/aromatic N) is 3. The van der Waals surface area contributed by atoms with Crippen LogP contribution in [0.3, 0.4) is 0 Å². The van der Waals surface area contributed by atoms with Crippen LogP contribution in [0.25, 0.3) is 11.0 Å². The molecule has 0 aliphatic carbocycles. The molecule has 1 heterocycles. The topological polar surface area (TPSA) is 74.1 Å². The molecule has 6 nitrogen and oxygen atoms in total. The summed E-state index contributed by atoms with van der Waals surface area (Å²) in [5.74, 6) is -1.13. The molecule has 1 unspecified atom stereocenters. The normalized spacial score (nSPS) is 11.9. The van der Waals surface area contributed by atoms with Gasteiger partial charge in [-0.2, -0.15) is 0 Å². The number of hydrogen-bond acceptors (Lipinski definition) is 5. The van der Waals surface area contributed by atoms with Crippen molar-refractivity contribution >= 4 is 22.8 Å². The summed E-state index contributed by atoms with van der Waals surface area (Å²) in [7, 11) is 0. The predicted molar refractivity (Wildman–Crippen MR) is 127 cm³/mol. The van der Waals surface area contributed by atoms with Gasteiger partial charge in [0.25, 0.3) is 0 Å². The highest BCUT2D eigenvalue weighted by atomic mass is 16.5. The predicted octanol–water partition coefficient (Wildman–Crippen LogP) is 4.91. The van der Waals surface area contributed by atoms with Crippen molar-refractivity contribution in [2.24, 2.45) is 5.92 Å². The zero-order valence-electron chi connectivity index (χ0n) is 18.9. The number of para-hydroxylation sites is 1. The molecule has 0 aliphatic heterocycles. The van der Waals surface area contributed by atoms with E-state index in [-0.39, 0.29) is 18.9 Å². The van der Waals surface area contributed by atoms with Gasteiger partial charge in [0, 0.05) is 5.56 Å². The minimum Gasteiger partial charge on any atom is -0.461 e. The van der Waals surface area contributed by atoms with E-state index in [1.165, 1.54) is 0 Å². The molecule has 0 aliphatic rings. The summed E-state index contributed by atoms with van der Waals surface area (Å²) < 4.78 is 7.29. The zero-order chi connectivity index (χ0) is 23.2. The number of ether oxygens (including phenoxy) is 1. The van der Waals surface area contributed by atoms with Gasteiger partial charge in [-0.3, -0.25) is 4.79 Å². The van der Waals surface area contributed by atoms with Gasteiger partial charge in [0.05, 0.1) is 23.5 Å². The number of benzene rings is 3. The van der Waals surface area contributed by atoms with Crippen molar-refractivity contribution < 1.29 is 14.3 Å². The first-order chi connectivity index (χ1) is 16.1. The number of esters is 1. The number of aromatic nitrogens is 3. The third-order valence-corrected chi connectivity index (χ3v) is 5.84. The maximum absolute atomic E-state index is 13.4. The summed E-state index contributed by atoms with van der Waals surface area (Å²) in [4.78, 5) is 26.0.